The second-order valence-corrected chi connectivity index (χ2v) is 12.4. The predicted octanol–water partition coefficient (Wildman–Crippen LogP) is 5.85. The predicted molar refractivity (Wildman–Crippen MR) is 170 cm³/mol. The molecule has 0 aliphatic carbocycles. The zero-order valence-corrected chi connectivity index (χ0v) is 26.0. The summed E-state index contributed by atoms with van der Waals surface area (Å²) in [6.45, 7) is 21.3. The van der Waals surface area contributed by atoms with Gasteiger partial charge in [0.15, 0.2) is 9.84 Å². The maximum atomic E-state index is 13.2. The number of aryl methyl sites for hydroxylation is 1. The highest BCUT2D eigenvalue weighted by Crippen LogP contribution is 2.40. The summed E-state index contributed by atoms with van der Waals surface area (Å²) in [5.74, 6) is -1.23. The average Bonchev–Trinajstić information content (AvgIpc) is 2.98. The second kappa shape index (κ2) is 15.0. The van der Waals surface area contributed by atoms with E-state index in [1.54, 1.807) is 38.1 Å². The van der Waals surface area contributed by atoms with Crippen LogP contribution < -0.4 is 4.90 Å². The lowest BCUT2D eigenvalue weighted by molar-refractivity contribution is -0.139. The van der Waals surface area contributed by atoms with Gasteiger partial charge in [-0.05, 0) is 74.1 Å². The molecule has 0 radical (unpaired) electrons. The highest BCUT2D eigenvalue weighted by atomic mass is 32.2. The van der Waals surface area contributed by atoms with Crippen LogP contribution in [0.3, 0.4) is 0 Å². The normalized spacial score (nSPS) is 15.2. The minimum Gasteiger partial charge on any atom is -0.462 e. The lowest BCUT2D eigenvalue weighted by atomic mass is 9.93. The van der Waals surface area contributed by atoms with Gasteiger partial charge >= 0.3 is 11.9 Å². The number of benzene rings is 2. The molecule has 9 nitrogen and oxygen atoms in total. The van der Waals surface area contributed by atoms with Crippen molar-refractivity contribution in [3.63, 3.8) is 0 Å². The molecule has 3 rings (SSSR count). The molecular weight excluding hydrogens is 578 g/mol. The number of ether oxygens (including phenoxy) is 2. The standard InChI is InChI=1S/C34H35N3O6S/c1-23(2)33(38)42-17-9-15-37(16-10-18-43-34(39)24(3)4)28-14-13-26(25(5)19-28)20-27-22-44(40,41)31-12-8-7-11-29(31)32(27)30(21-35)36-6/h7-8,11-14,19-20H,1,3,9-10,15-18,22H2,2,4-5H3/b27-20+,32-30-. The molecule has 2 aromatic rings. The number of rotatable bonds is 12. The van der Waals surface area contributed by atoms with Crippen LogP contribution in [-0.2, 0) is 28.9 Å². The van der Waals surface area contributed by atoms with Gasteiger partial charge in [0.05, 0.1) is 36.5 Å². The largest absolute Gasteiger partial charge is 0.462 e. The Balaban J connectivity index is 1.92. The van der Waals surface area contributed by atoms with Crippen molar-refractivity contribution in [3.05, 3.63) is 106 Å². The van der Waals surface area contributed by atoms with Crippen molar-refractivity contribution in [1.29, 1.82) is 5.26 Å². The fourth-order valence-electron chi connectivity index (χ4n) is 4.67. The Morgan fingerprint density at radius 1 is 1.05 bits per heavy atom. The Kier molecular flexibility index (Phi) is 11.4. The summed E-state index contributed by atoms with van der Waals surface area (Å²) < 4.78 is 36.8. The van der Waals surface area contributed by atoms with Gasteiger partial charge in [0, 0.05) is 35.5 Å². The molecule has 2 aromatic carbocycles. The number of nitriles is 1. The zero-order valence-electron chi connectivity index (χ0n) is 25.2. The van der Waals surface area contributed by atoms with E-state index in [1.807, 2.05) is 31.2 Å². The number of carbonyl (C=O) groups excluding carboxylic acids is 2. The third kappa shape index (κ3) is 8.33. The minimum atomic E-state index is -3.68. The molecule has 1 aliphatic heterocycles. The quantitative estimate of drug-likeness (QED) is 0.0963. The van der Waals surface area contributed by atoms with Crippen molar-refractivity contribution in [2.45, 2.75) is 38.5 Å². The van der Waals surface area contributed by atoms with Crippen LogP contribution in [0, 0.1) is 24.8 Å². The third-order valence-corrected chi connectivity index (χ3v) is 8.59. The summed E-state index contributed by atoms with van der Waals surface area (Å²) in [6.07, 6.45) is 2.83. The number of hydrogen-bond donors (Lipinski definition) is 0. The molecule has 228 valence electrons. The number of fused-ring (bicyclic) bond motifs is 1. The second-order valence-electron chi connectivity index (χ2n) is 10.4. The van der Waals surface area contributed by atoms with Crippen molar-refractivity contribution in [2.24, 2.45) is 0 Å². The van der Waals surface area contributed by atoms with Gasteiger partial charge in [0.25, 0.3) is 5.70 Å². The lowest BCUT2D eigenvalue weighted by Crippen LogP contribution is -2.28. The van der Waals surface area contributed by atoms with Crippen LogP contribution in [-0.4, -0.2) is 52.4 Å². The summed E-state index contributed by atoms with van der Waals surface area (Å²) in [7, 11) is -3.68. The fraction of sp³-hybridized carbons (Fsp3) is 0.294. The topological polar surface area (TPSA) is 118 Å². The van der Waals surface area contributed by atoms with E-state index >= 15 is 0 Å². The number of anilines is 1. The van der Waals surface area contributed by atoms with E-state index in [9.17, 15) is 23.3 Å². The monoisotopic (exact) mass is 613 g/mol. The summed E-state index contributed by atoms with van der Waals surface area (Å²) in [5.41, 5.74) is 3.99. The first kappa shape index (κ1) is 33.6. The van der Waals surface area contributed by atoms with E-state index in [2.05, 4.69) is 22.9 Å². The molecule has 10 heteroatoms. The Hall–Kier alpha value is -4.93. The Morgan fingerprint density at radius 2 is 1.64 bits per heavy atom. The Bertz CT molecular complexity index is 1690. The minimum absolute atomic E-state index is 0.106. The van der Waals surface area contributed by atoms with Crippen molar-refractivity contribution < 1.29 is 27.5 Å². The number of sulfone groups is 1. The molecule has 0 bridgehead atoms. The molecule has 0 atom stereocenters. The molecular formula is C34H35N3O6S. The molecule has 0 amide bonds. The van der Waals surface area contributed by atoms with Crippen LogP contribution in [0.2, 0.25) is 0 Å². The van der Waals surface area contributed by atoms with Crippen LogP contribution in [0.25, 0.3) is 16.5 Å². The van der Waals surface area contributed by atoms with Gasteiger partial charge in [-0.2, -0.15) is 0 Å². The van der Waals surface area contributed by atoms with Crippen LogP contribution in [0.5, 0.6) is 0 Å². The number of nitrogens with zero attached hydrogens (tertiary/aromatic N) is 3. The summed E-state index contributed by atoms with van der Waals surface area (Å²) in [4.78, 5) is 29.1. The van der Waals surface area contributed by atoms with Gasteiger partial charge < -0.3 is 14.4 Å². The SMILES string of the molecule is [C-]#[N+]/C(C#N)=C1/C(=C/c2ccc(N(CCCOC(=O)C(=C)C)CCCOC(=O)C(=C)C)cc2C)CS(=O)(=O)c2ccccc21. The molecule has 0 fully saturated rings. The highest BCUT2D eigenvalue weighted by Gasteiger charge is 2.32. The first-order valence-electron chi connectivity index (χ1n) is 14.0. The smallest absolute Gasteiger partial charge is 0.333 e. The van der Waals surface area contributed by atoms with Crippen molar-refractivity contribution >= 4 is 39.1 Å². The summed E-state index contributed by atoms with van der Waals surface area (Å²) >= 11 is 0. The molecule has 1 heterocycles. The molecule has 0 spiro atoms. The molecule has 0 saturated carbocycles. The van der Waals surface area contributed by atoms with Crippen molar-refractivity contribution in [1.82, 2.24) is 0 Å². The van der Waals surface area contributed by atoms with Crippen LogP contribution in [0.15, 0.2) is 82.9 Å². The van der Waals surface area contributed by atoms with Gasteiger partial charge in [0.1, 0.15) is 0 Å². The molecule has 44 heavy (non-hydrogen) atoms. The van der Waals surface area contributed by atoms with E-state index in [1.165, 1.54) is 6.07 Å². The number of esters is 2. The first-order valence-corrected chi connectivity index (χ1v) is 15.6. The van der Waals surface area contributed by atoms with E-state index in [-0.39, 0.29) is 29.6 Å². The van der Waals surface area contributed by atoms with Crippen LogP contribution in [0.1, 0.15) is 43.4 Å². The molecule has 1 aliphatic rings. The summed E-state index contributed by atoms with van der Waals surface area (Å²) in [5, 5.41) is 9.69. The highest BCUT2D eigenvalue weighted by molar-refractivity contribution is 7.91. The zero-order chi connectivity index (χ0) is 32.4. The van der Waals surface area contributed by atoms with Gasteiger partial charge in [-0.3, -0.25) is 0 Å². The average molecular weight is 614 g/mol. The Morgan fingerprint density at radius 3 is 2.16 bits per heavy atom. The maximum absolute atomic E-state index is 13.2. The molecule has 0 aromatic heterocycles. The molecule has 0 N–H and O–H groups in total. The third-order valence-electron chi connectivity index (χ3n) is 6.87. The van der Waals surface area contributed by atoms with E-state index in [0.29, 0.717) is 53.8 Å². The molecule has 0 unspecified atom stereocenters. The van der Waals surface area contributed by atoms with E-state index in [4.69, 9.17) is 16.0 Å². The van der Waals surface area contributed by atoms with Gasteiger partial charge in [0.2, 0.25) is 0 Å². The lowest BCUT2D eigenvalue weighted by Gasteiger charge is -2.26. The first-order chi connectivity index (χ1) is 20.9. The number of carbonyl (C=O) groups is 2. The van der Waals surface area contributed by atoms with E-state index in [0.717, 1.165) is 16.8 Å². The van der Waals surface area contributed by atoms with Gasteiger partial charge in [-0.15, -0.1) is 0 Å². The summed E-state index contributed by atoms with van der Waals surface area (Å²) in [6, 6.07) is 14.1. The molecule has 0 saturated heterocycles. The maximum Gasteiger partial charge on any atom is 0.333 e. The van der Waals surface area contributed by atoms with Crippen molar-refractivity contribution in [3.8, 4) is 6.07 Å². The fourth-order valence-corrected chi connectivity index (χ4v) is 6.25. The van der Waals surface area contributed by atoms with Crippen molar-refractivity contribution in [2.75, 3.05) is 37.0 Å². The van der Waals surface area contributed by atoms with Gasteiger partial charge in [-0.25, -0.2) is 28.1 Å². The van der Waals surface area contributed by atoms with Crippen LogP contribution in [0.4, 0.5) is 5.69 Å². The number of allylic oxidation sites excluding steroid dienone is 2. The van der Waals surface area contributed by atoms with Gasteiger partial charge in [-0.1, -0.05) is 43.5 Å². The van der Waals surface area contributed by atoms with E-state index < -0.39 is 21.8 Å². The van der Waals surface area contributed by atoms with Crippen LogP contribution >= 0.6 is 0 Å². The number of hydrogen-bond acceptors (Lipinski definition) is 8. The Labute approximate surface area is 259 Å².